The lowest BCUT2D eigenvalue weighted by molar-refractivity contribution is -0.379. The van der Waals surface area contributed by atoms with Gasteiger partial charge < -0.3 is 89.9 Å². The van der Waals surface area contributed by atoms with Gasteiger partial charge in [0.05, 0.1) is 38.6 Å². The maximum atomic E-state index is 13.4. The highest BCUT2D eigenvalue weighted by atomic mass is 16.8. The van der Waals surface area contributed by atoms with Gasteiger partial charge >= 0.3 is 0 Å². The highest BCUT2D eigenvalue weighted by molar-refractivity contribution is 5.76. The molecule has 0 aromatic heterocycles. The molecule has 17 atom stereocenters. The zero-order valence-corrected chi connectivity index (χ0v) is 58.6. The number of allylic oxidation sites excluding steroid dienone is 11. The first-order valence-electron chi connectivity index (χ1n) is 37.7. The smallest absolute Gasteiger partial charge is 0.220 e. The fraction of sp³-hybridized carbons (Fsp3) is 0.829. The summed E-state index contributed by atoms with van der Waals surface area (Å²) in [5.74, 6) is -0.274. The number of rotatable bonds is 58. The fourth-order valence-corrected chi connectivity index (χ4v) is 12.5. The number of hydrogen-bond donors (Lipinski definition) is 12. The monoisotopic (exact) mass is 1350 g/mol. The molecule has 3 rings (SSSR count). The van der Waals surface area contributed by atoms with Crippen LogP contribution in [-0.4, -0.2) is 193 Å². The predicted octanol–water partition coefficient (Wildman–Crippen LogP) is 11.3. The first kappa shape index (κ1) is 86.5. The number of aliphatic hydroxyl groups excluding tert-OH is 11. The summed E-state index contributed by atoms with van der Waals surface area (Å²) in [6, 6.07) is -0.975. The third kappa shape index (κ3) is 38.0. The Bertz CT molecular complexity index is 2000. The fourth-order valence-electron chi connectivity index (χ4n) is 12.5. The van der Waals surface area contributed by atoms with Crippen molar-refractivity contribution >= 4 is 5.91 Å². The minimum atomic E-state index is -1.98. The Hall–Kier alpha value is -2.77. The Morgan fingerprint density at radius 1 is 0.389 bits per heavy atom. The Kier molecular flexibility index (Phi) is 51.8. The van der Waals surface area contributed by atoms with Gasteiger partial charge in [0.2, 0.25) is 5.91 Å². The molecule has 0 saturated carbocycles. The van der Waals surface area contributed by atoms with Crippen LogP contribution in [0.2, 0.25) is 0 Å². The maximum absolute atomic E-state index is 13.4. The molecule has 19 heteroatoms. The summed E-state index contributed by atoms with van der Waals surface area (Å²) in [6.45, 7) is 1.64. The molecule has 12 N–H and O–H groups in total. The first-order chi connectivity index (χ1) is 46.3. The van der Waals surface area contributed by atoms with Crippen molar-refractivity contribution in [2.75, 3.05) is 26.4 Å². The Morgan fingerprint density at radius 2 is 0.726 bits per heavy atom. The van der Waals surface area contributed by atoms with E-state index in [9.17, 15) is 61.0 Å². The average molecular weight is 1350 g/mol. The lowest BCUT2D eigenvalue weighted by Gasteiger charge is -2.48. The van der Waals surface area contributed by atoms with Gasteiger partial charge in [-0.2, -0.15) is 0 Å². The third-order valence-electron chi connectivity index (χ3n) is 18.5. The van der Waals surface area contributed by atoms with Gasteiger partial charge in [-0.15, -0.1) is 0 Å². The van der Waals surface area contributed by atoms with E-state index in [0.29, 0.717) is 6.42 Å². The molecule has 552 valence electrons. The van der Waals surface area contributed by atoms with E-state index in [1.807, 2.05) is 6.08 Å². The number of nitrogens with one attached hydrogen (secondary N) is 1. The van der Waals surface area contributed by atoms with Crippen LogP contribution in [0, 0.1) is 0 Å². The molecule has 95 heavy (non-hydrogen) atoms. The molecule has 17 unspecified atom stereocenters. The van der Waals surface area contributed by atoms with Gasteiger partial charge in [-0.25, -0.2) is 0 Å². The first-order valence-corrected chi connectivity index (χ1v) is 37.7. The minimum Gasteiger partial charge on any atom is -0.394 e. The predicted molar refractivity (Wildman–Crippen MR) is 374 cm³/mol. The molecular formula is C76H135NO18. The largest absolute Gasteiger partial charge is 0.394 e. The van der Waals surface area contributed by atoms with Crippen molar-refractivity contribution in [1.82, 2.24) is 5.32 Å². The van der Waals surface area contributed by atoms with Gasteiger partial charge in [0.1, 0.15) is 73.2 Å². The highest BCUT2D eigenvalue weighted by Crippen LogP contribution is 2.33. The van der Waals surface area contributed by atoms with Gasteiger partial charge in [-0.1, -0.05) is 273 Å². The second-order valence-electron chi connectivity index (χ2n) is 26.7. The van der Waals surface area contributed by atoms with Crippen LogP contribution in [0.25, 0.3) is 0 Å². The van der Waals surface area contributed by atoms with Crippen molar-refractivity contribution in [3.05, 3.63) is 72.9 Å². The van der Waals surface area contributed by atoms with Crippen LogP contribution < -0.4 is 5.32 Å². The van der Waals surface area contributed by atoms with Crippen LogP contribution in [0.3, 0.4) is 0 Å². The van der Waals surface area contributed by atoms with Crippen molar-refractivity contribution in [3.63, 3.8) is 0 Å². The third-order valence-corrected chi connectivity index (χ3v) is 18.5. The van der Waals surface area contributed by atoms with Gasteiger partial charge in [0.25, 0.3) is 0 Å². The van der Waals surface area contributed by atoms with Gasteiger partial charge in [-0.3, -0.25) is 4.79 Å². The van der Waals surface area contributed by atoms with E-state index in [1.165, 1.54) is 167 Å². The van der Waals surface area contributed by atoms with Gasteiger partial charge in [0, 0.05) is 6.42 Å². The number of amides is 1. The summed E-state index contributed by atoms with van der Waals surface area (Å²) in [7, 11) is 0. The maximum Gasteiger partial charge on any atom is 0.220 e. The molecule has 0 radical (unpaired) electrons. The number of unbranched alkanes of at least 4 members (excludes halogenated alkanes) is 32. The molecular weight excluding hydrogens is 1210 g/mol. The lowest BCUT2D eigenvalue weighted by atomic mass is 9.96. The molecule has 0 aliphatic carbocycles. The number of aliphatic hydroxyl groups is 11. The summed E-state index contributed by atoms with van der Waals surface area (Å²) in [4.78, 5) is 13.4. The molecule has 19 nitrogen and oxygen atoms in total. The van der Waals surface area contributed by atoms with E-state index in [1.54, 1.807) is 6.08 Å². The van der Waals surface area contributed by atoms with Crippen molar-refractivity contribution < 1.29 is 89.4 Å². The second-order valence-corrected chi connectivity index (χ2v) is 26.7. The normalized spacial score (nSPS) is 27.6. The topological polar surface area (TPSA) is 307 Å². The zero-order chi connectivity index (χ0) is 68.9. The summed E-state index contributed by atoms with van der Waals surface area (Å²) in [5.41, 5.74) is 0. The summed E-state index contributed by atoms with van der Waals surface area (Å²) in [6.07, 6.45) is 45.9. The molecule has 3 aliphatic rings. The summed E-state index contributed by atoms with van der Waals surface area (Å²) >= 11 is 0. The van der Waals surface area contributed by atoms with Crippen LogP contribution >= 0.6 is 0 Å². The number of ether oxygens (including phenoxy) is 6. The molecule has 0 bridgehead atoms. The molecule has 3 fully saturated rings. The highest BCUT2D eigenvalue weighted by Gasteiger charge is 2.53. The summed E-state index contributed by atoms with van der Waals surface area (Å²) < 4.78 is 34.4. The molecule has 0 aromatic carbocycles. The molecule has 0 aromatic rings. The van der Waals surface area contributed by atoms with Crippen molar-refractivity contribution in [3.8, 4) is 0 Å². The number of hydrogen-bond acceptors (Lipinski definition) is 18. The quantitative estimate of drug-likeness (QED) is 0.0199. The Balaban J connectivity index is 1.36. The van der Waals surface area contributed by atoms with Crippen LogP contribution in [-0.2, 0) is 33.2 Å². The van der Waals surface area contributed by atoms with E-state index in [0.717, 1.165) is 77.0 Å². The lowest BCUT2D eigenvalue weighted by Crippen LogP contribution is -2.66. The number of carbonyl (C=O) groups is 1. The standard InChI is InChI=1S/C76H135NO18/c1-3-5-7-9-11-13-15-17-19-21-22-23-24-25-26-27-28-29-30-31-32-33-34-35-36-38-40-42-44-46-48-50-52-54-64(82)77-59(60(81)53-51-49-47-45-43-41-39-37-20-18-16-14-12-10-8-6-4-2)58-90-74-70(88)67(85)72(62(56-79)92-74)95-76-71(89)68(86)73(63(57-80)93-76)94-75-69(87)66(84)65(83)61(55-78)91-75/h5,7,11,13,17,19,22-23,25-26,51,53,59-63,65-76,78-81,83-89H,3-4,6,8-10,12,14-16,18,20-21,24,27-50,52,54-58H2,1-2H3,(H,77,82)/b7-5-,13-11-,19-17-,23-22-,26-25-,53-51+. The Labute approximate surface area is 572 Å². The molecule has 3 heterocycles. The van der Waals surface area contributed by atoms with Gasteiger partial charge in [-0.05, 0) is 64.2 Å². The molecule has 1 amide bonds. The average Bonchev–Trinajstić information content (AvgIpc) is 0.786. The van der Waals surface area contributed by atoms with Crippen molar-refractivity contribution in [2.24, 2.45) is 0 Å². The van der Waals surface area contributed by atoms with Crippen LogP contribution in [0.1, 0.15) is 271 Å². The number of carbonyl (C=O) groups excluding carboxylic acids is 1. The molecule has 3 saturated heterocycles. The van der Waals surface area contributed by atoms with Gasteiger partial charge in [0.15, 0.2) is 18.9 Å². The SMILES string of the molecule is CC/C=C\C/C=C\C/C=C\C/C=C\C/C=C\CCCCCCCCCCCCCCCCCCCC(=O)NC(COC1OC(CO)C(OC2OC(CO)C(OC3OC(CO)C(O)C(O)C3O)C(O)C2O)C(O)C1O)C(O)/C=C/CCCCCCCCCCCCCCCCC. The van der Waals surface area contributed by atoms with E-state index >= 15 is 0 Å². The van der Waals surface area contributed by atoms with Crippen molar-refractivity contribution in [2.45, 2.75) is 375 Å². The van der Waals surface area contributed by atoms with Crippen molar-refractivity contribution in [1.29, 1.82) is 0 Å². The van der Waals surface area contributed by atoms with Crippen LogP contribution in [0.15, 0.2) is 72.9 Å². The van der Waals surface area contributed by atoms with Crippen LogP contribution in [0.4, 0.5) is 0 Å². The molecule has 0 spiro atoms. The van der Waals surface area contributed by atoms with E-state index < -0.39 is 124 Å². The Morgan fingerprint density at radius 3 is 1.14 bits per heavy atom. The molecule has 3 aliphatic heterocycles. The van der Waals surface area contributed by atoms with E-state index in [-0.39, 0.29) is 18.9 Å². The minimum absolute atomic E-state index is 0.242. The zero-order valence-electron chi connectivity index (χ0n) is 58.6. The van der Waals surface area contributed by atoms with Crippen LogP contribution in [0.5, 0.6) is 0 Å². The van der Waals surface area contributed by atoms with E-state index in [4.69, 9.17) is 28.4 Å². The second kappa shape index (κ2) is 56.9. The van der Waals surface area contributed by atoms with E-state index in [2.05, 4.69) is 79.9 Å². The summed E-state index contributed by atoms with van der Waals surface area (Å²) in [5, 5.41) is 121.